The molecule has 1 unspecified atom stereocenters. The second kappa shape index (κ2) is 6.51. The van der Waals surface area contributed by atoms with E-state index < -0.39 is 0 Å². The molecule has 0 amide bonds. The van der Waals surface area contributed by atoms with Crippen molar-refractivity contribution in [1.29, 1.82) is 0 Å². The van der Waals surface area contributed by atoms with Crippen molar-refractivity contribution >= 4 is 27.5 Å². The Morgan fingerprint density at radius 3 is 2.30 bits per heavy atom. The molecule has 2 aromatic rings. The standard InChI is InChI=1S/C16H16BrClO2/c1-10-4-6-12(14(18)8-10)16(17)13-7-5-11(19-2)9-15(13)20-3/h4-9,16H,1-3H3. The third-order valence-corrected chi connectivity index (χ3v) is 4.46. The van der Waals surface area contributed by atoms with Gasteiger partial charge in [-0.1, -0.05) is 45.7 Å². The lowest BCUT2D eigenvalue weighted by Gasteiger charge is -2.17. The maximum Gasteiger partial charge on any atom is 0.127 e. The molecule has 2 nitrogen and oxygen atoms in total. The van der Waals surface area contributed by atoms with E-state index in [1.807, 2.05) is 43.3 Å². The van der Waals surface area contributed by atoms with E-state index in [1.165, 1.54) is 0 Å². The molecule has 0 fully saturated rings. The molecule has 4 heteroatoms. The summed E-state index contributed by atoms with van der Waals surface area (Å²) in [7, 11) is 3.28. The van der Waals surface area contributed by atoms with Crippen molar-refractivity contribution in [2.24, 2.45) is 0 Å². The first-order chi connectivity index (χ1) is 9.56. The lowest BCUT2D eigenvalue weighted by molar-refractivity contribution is 0.391. The van der Waals surface area contributed by atoms with Gasteiger partial charge in [0.2, 0.25) is 0 Å². The van der Waals surface area contributed by atoms with Gasteiger partial charge < -0.3 is 9.47 Å². The molecule has 1 atom stereocenters. The Labute approximate surface area is 132 Å². The fourth-order valence-corrected chi connectivity index (χ4v) is 3.29. The Kier molecular flexibility index (Phi) is 4.95. The molecule has 0 aromatic heterocycles. The van der Waals surface area contributed by atoms with Gasteiger partial charge in [-0.15, -0.1) is 0 Å². The number of rotatable bonds is 4. The number of methoxy groups -OCH3 is 2. The highest BCUT2D eigenvalue weighted by molar-refractivity contribution is 9.09. The number of halogens is 2. The van der Waals surface area contributed by atoms with Crippen molar-refractivity contribution in [3.8, 4) is 11.5 Å². The van der Waals surface area contributed by atoms with E-state index in [-0.39, 0.29) is 4.83 Å². The maximum atomic E-state index is 6.33. The SMILES string of the molecule is COc1ccc(C(Br)c2ccc(C)cc2Cl)c(OC)c1. The zero-order valence-electron chi connectivity index (χ0n) is 11.6. The van der Waals surface area contributed by atoms with Crippen molar-refractivity contribution < 1.29 is 9.47 Å². The number of aryl methyl sites for hydroxylation is 1. The number of hydrogen-bond acceptors (Lipinski definition) is 2. The van der Waals surface area contributed by atoms with Crippen molar-refractivity contribution in [1.82, 2.24) is 0 Å². The van der Waals surface area contributed by atoms with Crippen LogP contribution in [0.4, 0.5) is 0 Å². The van der Waals surface area contributed by atoms with E-state index in [2.05, 4.69) is 15.9 Å². The molecular weight excluding hydrogens is 340 g/mol. The highest BCUT2D eigenvalue weighted by atomic mass is 79.9. The Bertz CT molecular complexity index is 613. The summed E-state index contributed by atoms with van der Waals surface area (Å²) in [4.78, 5) is -0.0311. The fraction of sp³-hybridized carbons (Fsp3) is 0.250. The van der Waals surface area contributed by atoms with Gasteiger partial charge in [-0.3, -0.25) is 0 Å². The largest absolute Gasteiger partial charge is 0.497 e. The second-order valence-electron chi connectivity index (χ2n) is 4.50. The second-order valence-corrected chi connectivity index (χ2v) is 5.82. The van der Waals surface area contributed by atoms with Crippen LogP contribution in [0.5, 0.6) is 11.5 Å². The Hall–Kier alpha value is -1.19. The van der Waals surface area contributed by atoms with E-state index >= 15 is 0 Å². The quantitative estimate of drug-likeness (QED) is 0.706. The normalized spacial score (nSPS) is 12.1. The van der Waals surface area contributed by atoms with Crippen LogP contribution in [0.25, 0.3) is 0 Å². The Morgan fingerprint density at radius 1 is 1.00 bits per heavy atom. The molecule has 2 rings (SSSR count). The molecule has 0 N–H and O–H groups in total. The van der Waals surface area contributed by atoms with Gasteiger partial charge in [0.05, 0.1) is 19.0 Å². The minimum absolute atomic E-state index is 0.0311. The van der Waals surface area contributed by atoms with Gasteiger partial charge >= 0.3 is 0 Å². The highest BCUT2D eigenvalue weighted by Gasteiger charge is 2.18. The van der Waals surface area contributed by atoms with Crippen LogP contribution in [0, 0.1) is 6.92 Å². The first-order valence-electron chi connectivity index (χ1n) is 6.19. The molecule has 0 aliphatic carbocycles. The summed E-state index contributed by atoms with van der Waals surface area (Å²) in [5, 5.41) is 0.741. The topological polar surface area (TPSA) is 18.5 Å². The molecular formula is C16H16BrClO2. The summed E-state index contributed by atoms with van der Waals surface area (Å²) >= 11 is 10.0. The van der Waals surface area contributed by atoms with Gasteiger partial charge in [-0.25, -0.2) is 0 Å². The Balaban J connectivity index is 2.44. The molecule has 20 heavy (non-hydrogen) atoms. The first kappa shape index (κ1) is 15.2. The minimum atomic E-state index is -0.0311. The maximum absolute atomic E-state index is 6.33. The third kappa shape index (κ3) is 3.10. The van der Waals surface area contributed by atoms with Gasteiger partial charge in [0.15, 0.2) is 0 Å². The van der Waals surface area contributed by atoms with E-state index in [0.717, 1.165) is 33.2 Å². The van der Waals surface area contributed by atoms with Gasteiger partial charge in [-0.2, -0.15) is 0 Å². The molecule has 0 aliphatic heterocycles. The van der Waals surface area contributed by atoms with Crippen LogP contribution in [-0.2, 0) is 0 Å². The molecule has 0 saturated carbocycles. The predicted molar refractivity (Wildman–Crippen MR) is 86.5 cm³/mol. The molecule has 0 aliphatic rings. The van der Waals surface area contributed by atoms with E-state index in [1.54, 1.807) is 14.2 Å². The molecule has 0 saturated heterocycles. The van der Waals surface area contributed by atoms with Gasteiger partial charge in [0.25, 0.3) is 0 Å². The smallest absolute Gasteiger partial charge is 0.127 e. The van der Waals surface area contributed by atoms with Crippen LogP contribution in [0.3, 0.4) is 0 Å². The van der Waals surface area contributed by atoms with Crippen molar-refractivity contribution in [2.75, 3.05) is 14.2 Å². The lowest BCUT2D eigenvalue weighted by Crippen LogP contribution is -1.99. The van der Waals surface area contributed by atoms with Crippen LogP contribution in [0.1, 0.15) is 21.5 Å². The number of benzene rings is 2. The summed E-state index contributed by atoms with van der Waals surface area (Å²) < 4.78 is 10.7. The molecule has 106 valence electrons. The first-order valence-corrected chi connectivity index (χ1v) is 7.48. The average molecular weight is 356 g/mol. The lowest BCUT2D eigenvalue weighted by atomic mass is 10.0. The zero-order chi connectivity index (χ0) is 14.7. The number of alkyl halides is 1. The van der Waals surface area contributed by atoms with Gasteiger partial charge in [-0.05, 0) is 30.2 Å². The summed E-state index contributed by atoms with van der Waals surface area (Å²) in [6, 6.07) is 11.8. The summed E-state index contributed by atoms with van der Waals surface area (Å²) in [6.07, 6.45) is 0. The third-order valence-electron chi connectivity index (χ3n) is 3.14. The molecule has 0 spiro atoms. The predicted octanol–water partition coefficient (Wildman–Crippen LogP) is 5.15. The minimum Gasteiger partial charge on any atom is -0.497 e. The van der Waals surface area contributed by atoms with Crippen LogP contribution < -0.4 is 9.47 Å². The number of hydrogen-bond donors (Lipinski definition) is 0. The summed E-state index contributed by atoms with van der Waals surface area (Å²) in [6.45, 7) is 2.02. The van der Waals surface area contributed by atoms with Crippen LogP contribution >= 0.6 is 27.5 Å². The molecule has 2 aromatic carbocycles. The summed E-state index contributed by atoms with van der Waals surface area (Å²) in [5.41, 5.74) is 3.17. The fourth-order valence-electron chi connectivity index (χ4n) is 2.03. The molecule has 0 bridgehead atoms. The van der Waals surface area contributed by atoms with Crippen LogP contribution in [0.15, 0.2) is 36.4 Å². The molecule has 0 heterocycles. The molecule has 0 radical (unpaired) electrons. The number of ether oxygens (including phenoxy) is 2. The zero-order valence-corrected chi connectivity index (χ0v) is 14.0. The average Bonchev–Trinajstić information content (AvgIpc) is 2.46. The van der Waals surface area contributed by atoms with Crippen molar-refractivity contribution in [2.45, 2.75) is 11.8 Å². The van der Waals surface area contributed by atoms with Crippen LogP contribution in [-0.4, -0.2) is 14.2 Å². The Morgan fingerprint density at radius 2 is 1.70 bits per heavy atom. The summed E-state index contributed by atoms with van der Waals surface area (Å²) in [5.74, 6) is 1.53. The van der Waals surface area contributed by atoms with E-state index in [0.29, 0.717) is 0 Å². The van der Waals surface area contributed by atoms with Gasteiger partial charge in [0.1, 0.15) is 11.5 Å². The van der Waals surface area contributed by atoms with Crippen molar-refractivity contribution in [3.63, 3.8) is 0 Å². The van der Waals surface area contributed by atoms with E-state index in [9.17, 15) is 0 Å². The van der Waals surface area contributed by atoms with Gasteiger partial charge in [0, 0.05) is 16.7 Å². The highest BCUT2D eigenvalue weighted by Crippen LogP contribution is 2.40. The monoisotopic (exact) mass is 354 g/mol. The van der Waals surface area contributed by atoms with Crippen LogP contribution in [0.2, 0.25) is 5.02 Å². The van der Waals surface area contributed by atoms with Crippen molar-refractivity contribution in [3.05, 3.63) is 58.1 Å². The van der Waals surface area contributed by atoms with E-state index in [4.69, 9.17) is 21.1 Å².